The van der Waals surface area contributed by atoms with Gasteiger partial charge < -0.3 is 10.2 Å². The molecular weight excluding hydrogens is 306 g/mol. The van der Waals surface area contributed by atoms with Gasteiger partial charge in [0.1, 0.15) is 0 Å². The maximum Gasteiger partial charge on any atom is 0.234 e. The Bertz CT molecular complexity index is 633. The quantitative estimate of drug-likeness (QED) is 0.822. The predicted molar refractivity (Wildman–Crippen MR) is 91.1 cm³/mol. The molecule has 1 N–H and O–H groups in total. The summed E-state index contributed by atoms with van der Waals surface area (Å²) in [6.45, 7) is 6.66. The summed E-state index contributed by atoms with van der Waals surface area (Å²) < 4.78 is 1.68. The number of aromatic nitrogens is 4. The molecule has 8 nitrogen and oxygen atoms in total. The highest BCUT2D eigenvalue weighted by Crippen LogP contribution is 2.13. The third kappa shape index (κ3) is 4.08. The first-order valence-corrected chi connectivity index (χ1v) is 8.34. The lowest BCUT2D eigenvalue weighted by atomic mass is 10.3. The topological polar surface area (TPSA) is 79.2 Å². The van der Waals surface area contributed by atoms with Gasteiger partial charge in [0.2, 0.25) is 5.91 Å². The second kappa shape index (κ2) is 7.87. The lowest BCUT2D eigenvalue weighted by molar-refractivity contribution is -0.122. The van der Waals surface area contributed by atoms with Crippen molar-refractivity contribution in [3.05, 3.63) is 30.6 Å². The van der Waals surface area contributed by atoms with Gasteiger partial charge in [-0.05, 0) is 24.6 Å². The van der Waals surface area contributed by atoms with E-state index in [4.69, 9.17) is 0 Å². The fourth-order valence-corrected chi connectivity index (χ4v) is 2.67. The molecule has 1 saturated heterocycles. The minimum absolute atomic E-state index is 0.105. The van der Waals surface area contributed by atoms with Crippen molar-refractivity contribution in [3.8, 4) is 5.82 Å². The molecule has 3 heterocycles. The Morgan fingerprint density at radius 3 is 2.54 bits per heavy atom. The van der Waals surface area contributed by atoms with E-state index in [2.05, 4.69) is 37.3 Å². The highest BCUT2D eigenvalue weighted by atomic mass is 16.2. The van der Waals surface area contributed by atoms with Crippen LogP contribution in [0.5, 0.6) is 0 Å². The fourth-order valence-electron chi connectivity index (χ4n) is 2.67. The molecule has 1 aliphatic heterocycles. The molecule has 0 radical (unpaired) electrons. The Morgan fingerprint density at radius 1 is 1.17 bits per heavy atom. The van der Waals surface area contributed by atoms with Gasteiger partial charge in [-0.3, -0.25) is 9.69 Å². The minimum Gasteiger partial charge on any atom is -0.355 e. The molecule has 3 rings (SSSR count). The molecule has 2 aromatic rings. The molecule has 0 aromatic carbocycles. The Morgan fingerprint density at radius 2 is 1.92 bits per heavy atom. The smallest absolute Gasteiger partial charge is 0.234 e. The second-order valence-electron chi connectivity index (χ2n) is 5.81. The normalized spacial score (nSPS) is 15.5. The van der Waals surface area contributed by atoms with Crippen molar-refractivity contribution >= 4 is 11.7 Å². The number of carbonyl (C=O) groups is 1. The average molecular weight is 329 g/mol. The van der Waals surface area contributed by atoms with Crippen LogP contribution in [-0.2, 0) is 4.79 Å². The maximum atomic E-state index is 11.8. The molecule has 1 amide bonds. The van der Waals surface area contributed by atoms with Crippen LogP contribution in [0.15, 0.2) is 30.6 Å². The molecule has 0 saturated carbocycles. The SMILES string of the molecule is CCCNC(=O)CN1CCN(c2ccc(-n3cccn3)nn2)CC1. The molecule has 0 unspecified atom stereocenters. The number of piperazine rings is 1. The van der Waals surface area contributed by atoms with E-state index in [0.717, 1.165) is 45.0 Å². The van der Waals surface area contributed by atoms with Crippen LogP contribution in [0.1, 0.15) is 13.3 Å². The molecule has 8 heteroatoms. The molecule has 0 aliphatic carbocycles. The Hall–Kier alpha value is -2.48. The second-order valence-corrected chi connectivity index (χ2v) is 5.81. The van der Waals surface area contributed by atoms with Crippen molar-refractivity contribution in [1.82, 2.24) is 30.2 Å². The van der Waals surface area contributed by atoms with Gasteiger partial charge >= 0.3 is 0 Å². The van der Waals surface area contributed by atoms with Crippen LogP contribution in [-0.4, -0.2) is 70.1 Å². The molecule has 1 fully saturated rings. The number of hydrogen-bond donors (Lipinski definition) is 1. The van der Waals surface area contributed by atoms with Crippen LogP contribution in [0.25, 0.3) is 5.82 Å². The number of amides is 1. The van der Waals surface area contributed by atoms with Gasteiger partial charge in [-0.2, -0.15) is 5.10 Å². The molecule has 2 aromatic heterocycles. The number of nitrogens with zero attached hydrogens (tertiary/aromatic N) is 6. The highest BCUT2D eigenvalue weighted by molar-refractivity contribution is 5.78. The molecule has 0 spiro atoms. The Kier molecular flexibility index (Phi) is 5.37. The number of nitrogens with one attached hydrogen (secondary N) is 1. The predicted octanol–water partition coefficient (Wildman–Crippen LogP) is 0.310. The standard InChI is InChI=1S/C16H23N7O/c1-2-6-17-16(24)13-21-9-11-22(12-10-21)14-4-5-15(20-19-14)23-8-3-7-18-23/h3-5,7-8H,2,6,9-13H2,1H3,(H,17,24). The number of rotatable bonds is 6. The summed E-state index contributed by atoms with van der Waals surface area (Å²) in [5, 5.41) is 15.6. The van der Waals surface area contributed by atoms with Crippen molar-refractivity contribution in [1.29, 1.82) is 0 Å². The van der Waals surface area contributed by atoms with Crippen LogP contribution in [0.3, 0.4) is 0 Å². The Labute approximate surface area is 141 Å². The largest absolute Gasteiger partial charge is 0.355 e. The third-order valence-corrected chi connectivity index (χ3v) is 4.01. The summed E-state index contributed by atoms with van der Waals surface area (Å²) >= 11 is 0. The highest BCUT2D eigenvalue weighted by Gasteiger charge is 2.20. The summed E-state index contributed by atoms with van der Waals surface area (Å²) in [6.07, 6.45) is 4.52. The number of anilines is 1. The first kappa shape index (κ1) is 16.4. The summed E-state index contributed by atoms with van der Waals surface area (Å²) in [4.78, 5) is 16.1. The molecule has 1 aliphatic rings. The summed E-state index contributed by atoms with van der Waals surface area (Å²) in [5.41, 5.74) is 0. The van der Waals surface area contributed by atoms with E-state index in [-0.39, 0.29) is 5.91 Å². The van der Waals surface area contributed by atoms with E-state index in [1.54, 1.807) is 10.9 Å². The van der Waals surface area contributed by atoms with Gasteiger partial charge in [0.25, 0.3) is 0 Å². The zero-order chi connectivity index (χ0) is 16.8. The average Bonchev–Trinajstić information content (AvgIpc) is 3.15. The summed E-state index contributed by atoms with van der Waals surface area (Å²) in [5.74, 6) is 1.67. The van der Waals surface area contributed by atoms with E-state index in [1.807, 2.05) is 24.4 Å². The molecular formula is C16H23N7O. The van der Waals surface area contributed by atoms with E-state index in [0.29, 0.717) is 12.4 Å². The van der Waals surface area contributed by atoms with Crippen LogP contribution >= 0.6 is 0 Å². The first-order valence-electron chi connectivity index (χ1n) is 8.34. The van der Waals surface area contributed by atoms with Gasteiger partial charge in [0, 0.05) is 45.1 Å². The van der Waals surface area contributed by atoms with E-state index in [1.165, 1.54) is 0 Å². The lowest BCUT2D eigenvalue weighted by Crippen LogP contribution is -2.49. The maximum absolute atomic E-state index is 11.8. The summed E-state index contributed by atoms with van der Waals surface area (Å²) in [6, 6.07) is 5.74. The van der Waals surface area contributed by atoms with E-state index in [9.17, 15) is 4.79 Å². The number of hydrogen-bond acceptors (Lipinski definition) is 6. The van der Waals surface area contributed by atoms with Crippen LogP contribution < -0.4 is 10.2 Å². The molecule has 0 atom stereocenters. The number of carbonyl (C=O) groups excluding carboxylic acids is 1. The minimum atomic E-state index is 0.105. The summed E-state index contributed by atoms with van der Waals surface area (Å²) in [7, 11) is 0. The van der Waals surface area contributed by atoms with Crippen LogP contribution in [0.4, 0.5) is 5.82 Å². The fraction of sp³-hybridized carbons (Fsp3) is 0.500. The van der Waals surface area contributed by atoms with Gasteiger partial charge in [-0.25, -0.2) is 4.68 Å². The van der Waals surface area contributed by atoms with Crippen molar-refractivity contribution < 1.29 is 4.79 Å². The molecule has 24 heavy (non-hydrogen) atoms. The van der Waals surface area contributed by atoms with Gasteiger partial charge in [-0.1, -0.05) is 6.92 Å². The van der Waals surface area contributed by atoms with Gasteiger partial charge in [0.05, 0.1) is 6.54 Å². The van der Waals surface area contributed by atoms with Gasteiger partial charge in [-0.15, -0.1) is 10.2 Å². The zero-order valence-electron chi connectivity index (χ0n) is 13.9. The van der Waals surface area contributed by atoms with Gasteiger partial charge in [0.15, 0.2) is 11.6 Å². The lowest BCUT2D eigenvalue weighted by Gasteiger charge is -2.34. The van der Waals surface area contributed by atoms with E-state index < -0.39 is 0 Å². The van der Waals surface area contributed by atoms with Crippen LogP contribution in [0, 0.1) is 0 Å². The molecule has 0 bridgehead atoms. The first-order chi connectivity index (χ1) is 11.8. The third-order valence-electron chi connectivity index (χ3n) is 4.01. The van der Waals surface area contributed by atoms with E-state index >= 15 is 0 Å². The molecule has 128 valence electrons. The zero-order valence-corrected chi connectivity index (χ0v) is 13.9. The van der Waals surface area contributed by atoms with Crippen LogP contribution in [0.2, 0.25) is 0 Å². The van der Waals surface area contributed by atoms with Crippen molar-refractivity contribution in [3.63, 3.8) is 0 Å². The monoisotopic (exact) mass is 329 g/mol. The van der Waals surface area contributed by atoms with Crippen molar-refractivity contribution in [2.45, 2.75) is 13.3 Å². The Balaban J connectivity index is 1.50. The van der Waals surface area contributed by atoms with Crippen molar-refractivity contribution in [2.75, 3.05) is 44.2 Å². The van der Waals surface area contributed by atoms with Crippen molar-refractivity contribution in [2.24, 2.45) is 0 Å².